The van der Waals surface area contributed by atoms with Crippen LogP contribution in [0.15, 0.2) is 10.9 Å². The molecule has 1 heterocycles. The quantitative estimate of drug-likeness (QED) is 0.799. The number of carbonyl (C=O) groups excluding carboxylic acids is 2. The number of nitrogens with zero attached hydrogens (tertiary/aromatic N) is 1. The van der Waals surface area contributed by atoms with Gasteiger partial charge in [0.25, 0.3) is 11.5 Å². The second kappa shape index (κ2) is 7.61. The van der Waals surface area contributed by atoms with Gasteiger partial charge < -0.3 is 14.6 Å². The Morgan fingerprint density at radius 1 is 1.33 bits per heavy atom. The highest BCUT2D eigenvalue weighted by Crippen LogP contribution is 2.08. The molecule has 0 spiro atoms. The van der Waals surface area contributed by atoms with E-state index in [9.17, 15) is 14.4 Å². The number of aryl methyl sites for hydroxylation is 1. The molecule has 0 atom stereocenters. The van der Waals surface area contributed by atoms with Crippen molar-refractivity contribution in [3.63, 3.8) is 0 Å². The predicted octanol–water partition coefficient (Wildman–Crippen LogP) is 1.17. The molecule has 0 saturated heterocycles. The van der Waals surface area contributed by atoms with Crippen molar-refractivity contribution < 1.29 is 14.3 Å². The standard InChI is InChI=1S/C15H22N2O4/c1-5-6-7-17-11(3)10(2)8-12(15(17)20)14(19)16-9-13(18)21-4/h8H,5-7,9H2,1-4H3,(H,16,19). The number of ether oxygens (including phenoxy) is 1. The van der Waals surface area contributed by atoms with Crippen LogP contribution in [0.5, 0.6) is 0 Å². The highest BCUT2D eigenvalue weighted by molar-refractivity contribution is 5.95. The first kappa shape index (κ1) is 16.9. The van der Waals surface area contributed by atoms with Crippen LogP contribution < -0.4 is 10.9 Å². The van der Waals surface area contributed by atoms with Crippen molar-refractivity contribution in [1.82, 2.24) is 9.88 Å². The first-order valence-electron chi connectivity index (χ1n) is 6.98. The van der Waals surface area contributed by atoms with Crippen molar-refractivity contribution in [2.75, 3.05) is 13.7 Å². The molecular weight excluding hydrogens is 272 g/mol. The molecule has 1 aromatic heterocycles. The molecule has 0 aromatic carbocycles. The number of methoxy groups -OCH3 is 1. The number of pyridine rings is 1. The third-order valence-electron chi connectivity index (χ3n) is 3.41. The minimum Gasteiger partial charge on any atom is -0.468 e. The van der Waals surface area contributed by atoms with Gasteiger partial charge in [-0.05, 0) is 31.9 Å². The van der Waals surface area contributed by atoms with Crippen molar-refractivity contribution in [2.45, 2.75) is 40.2 Å². The molecule has 6 heteroatoms. The van der Waals surface area contributed by atoms with Gasteiger partial charge in [-0.2, -0.15) is 0 Å². The van der Waals surface area contributed by atoms with Gasteiger partial charge in [-0.15, -0.1) is 0 Å². The van der Waals surface area contributed by atoms with Crippen LogP contribution in [-0.2, 0) is 16.1 Å². The molecule has 0 aliphatic heterocycles. The Kier molecular flexibility index (Phi) is 6.14. The zero-order valence-corrected chi connectivity index (χ0v) is 13.0. The zero-order chi connectivity index (χ0) is 16.0. The molecule has 0 radical (unpaired) electrons. The number of hydrogen-bond acceptors (Lipinski definition) is 4. The molecule has 0 unspecified atom stereocenters. The number of amides is 1. The summed E-state index contributed by atoms with van der Waals surface area (Å²) in [5, 5.41) is 2.39. The number of carbonyl (C=O) groups is 2. The molecule has 1 amide bonds. The van der Waals surface area contributed by atoms with Gasteiger partial charge in [0, 0.05) is 12.2 Å². The van der Waals surface area contributed by atoms with E-state index in [0.29, 0.717) is 6.54 Å². The number of unbranched alkanes of at least 4 members (excludes halogenated alkanes) is 1. The maximum absolute atomic E-state index is 12.4. The van der Waals surface area contributed by atoms with Crippen LogP contribution in [0.1, 0.15) is 41.4 Å². The number of hydrogen-bond donors (Lipinski definition) is 1. The second-order valence-corrected chi connectivity index (χ2v) is 4.90. The topological polar surface area (TPSA) is 77.4 Å². The van der Waals surface area contributed by atoms with E-state index in [1.165, 1.54) is 7.11 Å². The lowest BCUT2D eigenvalue weighted by atomic mass is 10.1. The molecule has 0 bridgehead atoms. The van der Waals surface area contributed by atoms with Crippen LogP contribution in [-0.4, -0.2) is 30.1 Å². The Balaban J connectivity index is 3.07. The van der Waals surface area contributed by atoms with Gasteiger partial charge in [-0.1, -0.05) is 13.3 Å². The van der Waals surface area contributed by atoms with Gasteiger partial charge in [0.2, 0.25) is 0 Å². The van der Waals surface area contributed by atoms with E-state index in [1.807, 2.05) is 20.8 Å². The minimum atomic E-state index is -0.557. The summed E-state index contributed by atoms with van der Waals surface area (Å²) in [5.74, 6) is -1.11. The fourth-order valence-electron chi connectivity index (χ4n) is 1.96. The average Bonchev–Trinajstić information content (AvgIpc) is 2.48. The SMILES string of the molecule is CCCCn1c(C)c(C)cc(C(=O)NCC(=O)OC)c1=O. The highest BCUT2D eigenvalue weighted by atomic mass is 16.5. The molecule has 0 fully saturated rings. The van der Waals surface area contributed by atoms with E-state index >= 15 is 0 Å². The fraction of sp³-hybridized carbons (Fsp3) is 0.533. The van der Waals surface area contributed by atoms with E-state index in [0.717, 1.165) is 24.1 Å². The second-order valence-electron chi connectivity index (χ2n) is 4.90. The third kappa shape index (κ3) is 4.18. The van der Waals surface area contributed by atoms with Gasteiger partial charge >= 0.3 is 5.97 Å². The van der Waals surface area contributed by atoms with Gasteiger partial charge in [0.15, 0.2) is 0 Å². The Bertz CT molecular complexity index is 590. The van der Waals surface area contributed by atoms with Crippen LogP contribution >= 0.6 is 0 Å². The summed E-state index contributed by atoms with van der Waals surface area (Å²) in [6, 6.07) is 1.56. The summed E-state index contributed by atoms with van der Waals surface area (Å²) in [6.07, 6.45) is 1.83. The molecule has 0 aliphatic rings. The summed E-state index contributed by atoms with van der Waals surface area (Å²) >= 11 is 0. The summed E-state index contributed by atoms with van der Waals surface area (Å²) in [7, 11) is 1.24. The zero-order valence-electron chi connectivity index (χ0n) is 13.0. The molecule has 0 saturated carbocycles. The third-order valence-corrected chi connectivity index (χ3v) is 3.41. The van der Waals surface area contributed by atoms with E-state index in [2.05, 4.69) is 10.1 Å². The Morgan fingerprint density at radius 3 is 2.57 bits per heavy atom. The maximum Gasteiger partial charge on any atom is 0.325 e. The number of nitrogens with one attached hydrogen (secondary N) is 1. The van der Waals surface area contributed by atoms with E-state index in [4.69, 9.17) is 0 Å². The van der Waals surface area contributed by atoms with E-state index < -0.39 is 11.9 Å². The predicted molar refractivity (Wildman–Crippen MR) is 79.4 cm³/mol. The van der Waals surface area contributed by atoms with Crippen molar-refractivity contribution in [2.24, 2.45) is 0 Å². The van der Waals surface area contributed by atoms with Gasteiger partial charge in [-0.3, -0.25) is 14.4 Å². The maximum atomic E-state index is 12.4. The summed E-state index contributed by atoms with van der Waals surface area (Å²) in [6.45, 7) is 6.09. The van der Waals surface area contributed by atoms with Crippen LogP contribution in [0.25, 0.3) is 0 Å². The molecule has 116 valence electrons. The number of esters is 1. The molecule has 6 nitrogen and oxygen atoms in total. The van der Waals surface area contributed by atoms with E-state index in [-0.39, 0.29) is 17.7 Å². The van der Waals surface area contributed by atoms with Crippen LogP contribution in [0, 0.1) is 13.8 Å². The summed E-state index contributed by atoms with van der Waals surface area (Å²) in [4.78, 5) is 35.5. The van der Waals surface area contributed by atoms with Crippen molar-refractivity contribution in [3.05, 3.63) is 33.2 Å². The lowest BCUT2D eigenvalue weighted by Crippen LogP contribution is -2.37. The van der Waals surface area contributed by atoms with Crippen LogP contribution in [0.4, 0.5) is 0 Å². The Hall–Kier alpha value is -2.11. The Labute approximate surface area is 124 Å². The number of aromatic nitrogens is 1. The lowest BCUT2D eigenvalue weighted by molar-refractivity contribution is -0.139. The molecular formula is C15H22N2O4. The average molecular weight is 294 g/mol. The molecule has 0 aliphatic carbocycles. The van der Waals surface area contributed by atoms with Crippen molar-refractivity contribution >= 4 is 11.9 Å². The van der Waals surface area contributed by atoms with Crippen molar-refractivity contribution in [1.29, 1.82) is 0 Å². The Morgan fingerprint density at radius 2 is 2.00 bits per heavy atom. The highest BCUT2D eigenvalue weighted by Gasteiger charge is 2.16. The normalized spacial score (nSPS) is 10.3. The first-order valence-corrected chi connectivity index (χ1v) is 6.98. The van der Waals surface area contributed by atoms with Gasteiger partial charge in [0.05, 0.1) is 7.11 Å². The molecule has 1 rings (SSSR count). The number of rotatable bonds is 6. The van der Waals surface area contributed by atoms with Gasteiger partial charge in [-0.25, -0.2) is 0 Å². The summed E-state index contributed by atoms with van der Waals surface area (Å²) in [5.41, 5.74) is 1.46. The van der Waals surface area contributed by atoms with E-state index in [1.54, 1.807) is 10.6 Å². The largest absolute Gasteiger partial charge is 0.468 e. The van der Waals surface area contributed by atoms with Crippen LogP contribution in [0.3, 0.4) is 0 Å². The summed E-state index contributed by atoms with van der Waals surface area (Å²) < 4.78 is 6.07. The van der Waals surface area contributed by atoms with Gasteiger partial charge in [0.1, 0.15) is 12.1 Å². The fourth-order valence-corrected chi connectivity index (χ4v) is 1.96. The molecule has 21 heavy (non-hydrogen) atoms. The van der Waals surface area contributed by atoms with Crippen LogP contribution in [0.2, 0.25) is 0 Å². The first-order chi connectivity index (χ1) is 9.92. The molecule has 1 N–H and O–H groups in total. The minimum absolute atomic E-state index is 0.0538. The molecule has 1 aromatic rings. The van der Waals surface area contributed by atoms with Crippen molar-refractivity contribution in [3.8, 4) is 0 Å². The monoisotopic (exact) mass is 294 g/mol. The lowest BCUT2D eigenvalue weighted by Gasteiger charge is -2.14. The smallest absolute Gasteiger partial charge is 0.325 e.